The van der Waals surface area contributed by atoms with Crippen molar-refractivity contribution in [2.24, 2.45) is 0 Å². The molecular formula is C22H26N4O5S. The lowest BCUT2D eigenvalue weighted by Gasteiger charge is -2.36. The maximum Gasteiger partial charge on any atom is 0.335 e. The molecular weight excluding hydrogens is 432 g/mol. The lowest BCUT2D eigenvalue weighted by Crippen LogP contribution is -2.46. The van der Waals surface area contributed by atoms with Crippen LogP contribution in [0.1, 0.15) is 23.7 Å². The third-order valence-electron chi connectivity index (χ3n) is 5.19. The minimum absolute atomic E-state index is 0.00852. The minimum Gasteiger partial charge on any atom is -0.494 e. The summed E-state index contributed by atoms with van der Waals surface area (Å²) < 4.78 is 33.9. The van der Waals surface area contributed by atoms with Gasteiger partial charge in [0.1, 0.15) is 5.75 Å². The monoisotopic (exact) mass is 458 g/mol. The molecule has 0 amide bonds. The highest BCUT2D eigenvalue weighted by Crippen LogP contribution is 2.31. The van der Waals surface area contributed by atoms with Gasteiger partial charge in [-0.2, -0.15) is 5.26 Å². The molecule has 170 valence electrons. The Balaban J connectivity index is 1.85. The SMILES string of the molecule is CCOc1ccc(S(=O)(=O)Nc2cc(C(=O)O)ccc2N2CCN(CCC#N)CC2)cc1. The predicted molar refractivity (Wildman–Crippen MR) is 121 cm³/mol. The molecule has 1 fully saturated rings. The van der Waals surface area contributed by atoms with Crippen LogP contribution < -0.4 is 14.4 Å². The van der Waals surface area contributed by atoms with Gasteiger partial charge in [-0.15, -0.1) is 0 Å². The van der Waals surface area contributed by atoms with Gasteiger partial charge in [-0.05, 0) is 49.4 Å². The topological polar surface area (TPSA) is 123 Å². The Labute approximate surface area is 187 Å². The first kappa shape index (κ1) is 23.4. The van der Waals surface area contributed by atoms with Crippen molar-refractivity contribution in [3.63, 3.8) is 0 Å². The molecule has 10 heteroatoms. The second-order valence-corrected chi connectivity index (χ2v) is 8.97. The van der Waals surface area contributed by atoms with Gasteiger partial charge in [0, 0.05) is 39.1 Å². The number of hydrogen-bond acceptors (Lipinski definition) is 7. The summed E-state index contributed by atoms with van der Waals surface area (Å²) in [7, 11) is -3.94. The highest BCUT2D eigenvalue weighted by Gasteiger charge is 2.23. The quantitative estimate of drug-likeness (QED) is 0.588. The first-order valence-electron chi connectivity index (χ1n) is 10.3. The van der Waals surface area contributed by atoms with Crippen molar-refractivity contribution in [2.75, 3.05) is 49.0 Å². The lowest BCUT2D eigenvalue weighted by atomic mass is 10.1. The number of rotatable bonds is 9. The van der Waals surface area contributed by atoms with E-state index in [0.717, 1.165) is 13.1 Å². The molecule has 32 heavy (non-hydrogen) atoms. The molecule has 0 aliphatic carbocycles. The zero-order valence-electron chi connectivity index (χ0n) is 17.8. The number of carboxylic acid groups (broad SMARTS) is 1. The molecule has 0 aromatic heterocycles. The van der Waals surface area contributed by atoms with Crippen LogP contribution in [0.15, 0.2) is 47.4 Å². The Morgan fingerprint density at radius 3 is 2.44 bits per heavy atom. The Kier molecular flexibility index (Phi) is 7.56. The summed E-state index contributed by atoms with van der Waals surface area (Å²) in [6.45, 7) is 5.73. The number of anilines is 2. The van der Waals surface area contributed by atoms with E-state index < -0.39 is 16.0 Å². The second-order valence-electron chi connectivity index (χ2n) is 7.28. The molecule has 3 rings (SSSR count). The van der Waals surface area contributed by atoms with E-state index in [4.69, 9.17) is 10.00 Å². The number of aromatic carboxylic acids is 1. The largest absolute Gasteiger partial charge is 0.494 e. The number of carbonyl (C=O) groups is 1. The molecule has 0 unspecified atom stereocenters. The van der Waals surface area contributed by atoms with E-state index in [1.54, 1.807) is 18.2 Å². The fourth-order valence-electron chi connectivity index (χ4n) is 3.53. The van der Waals surface area contributed by atoms with Crippen molar-refractivity contribution >= 4 is 27.4 Å². The number of hydrogen-bond donors (Lipinski definition) is 2. The number of ether oxygens (including phenoxy) is 1. The van der Waals surface area contributed by atoms with Crippen LogP contribution in [0.5, 0.6) is 5.75 Å². The molecule has 0 atom stereocenters. The number of carboxylic acids is 1. The Morgan fingerprint density at radius 2 is 1.84 bits per heavy atom. The zero-order valence-corrected chi connectivity index (χ0v) is 18.6. The third kappa shape index (κ3) is 5.69. The molecule has 1 aliphatic heterocycles. The smallest absolute Gasteiger partial charge is 0.335 e. The van der Waals surface area contributed by atoms with Crippen LogP contribution in [-0.2, 0) is 10.0 Å². The zero-order chi connectivity index (χ0) is 23.1. The summed E-state index contributed by atoms with van der Waals surface area (Å²) in [5.41, 5.74) is 0.819. The van der Waals surface area contributed by atoms with Crippen molar-refractivity contribution < 1.29 is 23.1 Å². The summed E-state index contributed by atoms with van der Waals surface area (Å²) in [6.07, 6.45) is 0.459. The Hall–Kier alpha value is -3.29. The van der Waals surface area contributed by atoms with Crippen LogP contribution >= 0.6 is 0 Å². The van der Waals surface area contributed by atoms with E-state index in [9.17, 15) is 18.3 Å². The molecule has 1 aliphatic rings. The maximum absolute atomic E-state index is 13.0. The summed E-state index contributed by atoms with van der Waals surface area (Å²) >= 11 is 0. The third-order valence-corrected chi connectivity index (χ3v) is 6.57. The predicted octanol–water partition coefficient (Wildman–Crippen LogP) is 2.62. The van der Waals surface area contributed by atoms with Gasteiger partial charge in [0.15, 0.2) is 0 Å². The average molecular weight is 459 g/mol. The minimum atomic E-state index is -3.94. The number of sulfonamides is 1. The van der Waals surface area contributed by atoms with Crippen LogP contribution in [-0.4, -0.2) is 63.7 Å². The van der Waals surface area contributed by atoms with E-state index in [1.165, 1.54) is 24.3 Å². The number of nitrogens with zero attached hydrogens (tertiary/aromatic N) is 3. The number of piperazine rings is 1. The van der Waals surface area contributed by atoms with E-state index in [-0.39, 0.29) is 16.1 Å². The van der Waals surface area contributed by atoms with Gasteiger partial charge >= 0.3 is 5.97 Å². The normalized spacial score (nSPS) is 14.6. The van der Waals surface area contributed by atoms with Gasteiger partial charge in [0.2, 0.25) is 0 Å². The van der Waals surface area contributed by atoms with E-state index >= 15 is 0 Å². The first-order chi connectivity index (χ1) is 15.3. The first-order valence-corrected chi connectivity index (χ1v) is 11.8. The van der Waals surface area contributed by atoms with Crippen LogP contribution in [0.4, 0.5) is 11.4 Å². The molecule has 0 saturated carbocycles. The summed E-state index contributed by atoms with van der Waals surface area (Å²) in [6, 6.07) is 12.6. The molecule has 9 nitrogen and oxygen atoms in total. The summed E-state index contributed by atoms with van der Waals surface area (Å²) in [5.74, 6) is -0.575. The molecule has 2 N–H and O–H groups in total. The van der Waals surface area contributed by atoms with Crippen molar-refractivity contribution in [1.29, 1.82) is 5.26 Å². The van der Waals surface area contributed by atoms with Gasteiger partial charge < -0.3 is 14.7 Å². The van der Waals surface area contributed by atoms with Crippen molar-refractivity contribution in [3.8, 4) is 11.8 Å². The van der Waals surface area contributed by atoms with Crippen LogP contribution in [0.2, 0.25) is 0 Å². The molecule has 1 saturated heterocycles. The second kappa shape index (κ2) is 10.3. The fraction of sp³-hybridized carbons (Fsp3) is 0.364. The van der Waals surface area contributed by atoms with Gasteiger partial charge in [-0.3, -0.25) is 9.62 Å². The highest BCUT2D eigenvalue weighted by molar-refractivity contribution is 7.92. The number of benzene rings is 2. The average Bonchev–Trinajstić information content (AvgIpc) is 2.78. The molecule has 0 spiro atoms. The maximum atomic E-state index is 13.0. The van der Waals surface area contributed by atoms with Gasteiger partial charge in [0.25, 0.3) is 10.0 Å². The van der Waals surface area contributed by atoms with Crippen molar-refractivity contribution in [1.82, 2.24) is 4.90 Å². The van der Waals surface area contributed by atoms with E-state index in [0.29, 0.717) is 44.1 Å². The van der Waals surface area contributed by atoms with Gasteiger partial charge in [0.05, 0.1) is 34.5 Å². The van der Waals surface area contributed by atoms with Gasteiger partial charge in [-0.1, -0.05) is 0 Å². The number of nitriles is 1. The van der Waals surface area contributed by atoms with E-state index in [2.05, 4.69) is 15.7 Å². The Bertz CT molecular complexity index is 1090. The molecule has 0 bridgehead atoms. The highest BCUT2D eigenvalue weighted by atomic mass is 32.2. The van der Waals surface area contributed by atoms with Crippen LogP contribution in [0, 0.1) is 11.3 Å². The molecule has 0 radical (unpaired) electrons. The van der Waals surface area contributed by atoms with Gasteiger partial charge in [-0.25, -0.2) is 13.2 Å². The van der Waals surface area contributed by atoms with Crippen LogP contribution in [0.25, 0.3) is 0 Å². The fourth-order valence-corrected chi connectivity index (χ4v) is 4.60. The van der Waals surface area contributed by atoms with E-state index in [1.807, 2.05) is 11.8 Å². The molecule has 1 heterocycles. The summed E-state index contributed by atoms with van der Waals surface area (Å²) in [5, 5.41) is 18.2. The summed E-state index contributed by atoms with van der Waals surface area (Å²) in [4.78, 5) is 15.7. The standard InChI is InChI=1S/C22H26N4O5S/c1-2-31-18-5-7-19(8-6-18)32(29,30)24-20-16-17(22(27)28)4-9-21(20)26-14-12-25(13-15-26)11-3-10-23/h4-9,16,24H,2-3,11-15H2,1H3,(H,27,28). The Morgan fingerprint density at radius 1 is 1.16 bits per heavy atom. The molecule has 2 aromatic rings. The molecule has 2 aromatic carbocycles. The van der Waals surface area contributed by atoms with Crippen LogP contribution in [0.3, 0.4) is 0 Å². The van der Waals surface area contributed by atoms with Crippen molar-refractivity contribution in [2.45, 2.75) is 18.2 Å². The van der Waals surface area contributed by atoms with Crippen molar-refractivity contribution in [3.05, 3.63) is 48.0 Å². The lowest BCUT2D eigenvalue weighted by molar-refractivity contribution is 0.0697. The number of nitrogens with one attached hydrogen (secondary N) is 1.